The molecule has 162 valence electrons. The van der Waals surface area contributed by atoms with Gasteiger partial charge in [-0.25, -0.2) is 8.78 Å². The first-order valence-electron chi connectivity index (χ1n) is 10.2. The molecule has 1 aromatic carbocycles. The molecule has 30 heavy (non-hydrogen) atoms. The summed E-state index contributed by atoms with van der Waals surface area (Å²) in [5.74, 6) is -0.761. The van der Waals surface area contributed by atoms with Crippen LogP contribution in [0.3, 0.4) is 0 Å². The number of hydrogen-bond acceptors (Lipinski definition) is 4. The highest BCUT2D eigenvalue weighted by Crippen LogP contribution is 2.28. The Morgan fingerprint density at radius 3 is 2.53 bits per heavy atom. The lowest BCUT2D eigenvalue weighted by molar-refractivity contribution is -0.133. The highest BCUT2D eigenvalue weighted by molar-refractivity contribution is 5.92. The van der Waals surface area contributed by atoms with E-state index in [1.54, 1.807) is 36.8 Å². The van der Waals surface area contributed by atoms with Crippen LogP contribution in [0.4, 0.5) is 8.78 Å². The minimum atomic E-state index is -0.624. The van der Waals surface area contributed by atoms with Crippen LogP contribution in [0.25, 0.3) is 0 Å². The molecule has 2 aromatic rings. The maximum absolute atomic E-state index is 14.3. The molecule has 1 aliphatic heterocycles. The van der Waals surface area contributed by atoms with Crippen LogP contribution < -0.4 is 0 Å². The molecule has 1 aromatic heterocycles. The molecule has 6 nitrogen and oxygen atoms in total. The first-order chi connectivity index (χ1) is 14.3. The topological polar surface area (TPSA) is 66.7 Å². The van der Waals surface area contributed by atoms with E-state index in [9.17, 15) is 18.4 Å². The minimum absolute atomic E-state index is 0.0286. The average Bonchev–Trinajstić information content (AvgIpc) is 3.18. The zero-order valence-corrected chi connectivity index (χ0v) is 17.5. The summed E-state index contributed by atoms with van der Waals surface area (Å²) >= 11 is 0. The van der Waals surface area contributed by atoms with E-state index in [2.05, 4.69) is 5.16 Å². The second kappa shape index (κ2) is 9.36. The molecular weight excluding hydrogens is 392 g/mol. The quantitative estimate of drug-likeness (QED) is 0.718. The Labute approximate surface area is 174 Å². The Kier molecular flexibility index (Phi) is 6.84. The van der Waals surface area contributed by atoms with Crippen LogP contribution in [0, 0.1) is 24.5 Å². The van der Waals surface area contributed by atoms with E-state index in [-0.39, 0.29) is 29.5 Å². The van der Waals surface area contributed by atoms with Crippen LogP contribution in [0.5, 0.6) is 0 Å². The van der Waals surface area contributed by atoms with E-state index in [4.69, 9.17) is 4.52 Å². The molecule has 0 N–H and O–H groups in total. The summed E-state index contributed by atoms with van der Waals surface area (Å²) < 4.78 is 32.5. The van der Waals surface area contributed by atoms with E-state index in [1.165, 1.54) is 12.1 Å². The number of benzene rings is 1. The second-order valence-corrected chi connectivity index (χ2v) is 7.82. The predicted octanol–water partition coefficient (Wildman–Crippen LogP) is 3.59. The normalized spacial score (nSPS) is 15.8. The van der Waals surface area contributed by atoms with E-state index >= 15 is 0 Å². The highest BCUT2D eigenvalue weighted by Gasteiger charge is 2.33. The van der Waals surface area contributed by atoms with Gasteiger partial charge in [0.2, 0.25) is 5.91 Å². The van der Waals surface area contributed by atoms with Crippen molar-refractivity contribution in [2.24, 2.45) is 5.92 Å². The molecule has 3 rings (SSSR count). The van der Waals surface area contributed by atoms with Gasteiger partial charge in [0.15, 0.2) is 5.69 Å². The molecule has 2 heterocycles. The number of aromatic nitrogens is 1. The van der Waals surface area contributed by atoms with Crippen LogP contribution in [0.15, 0.2) is 28.8 Å². The van der Waals surface area contributed by atoms with Crippen molar-refractivity contribution in [2.75, 3.05) is 20.1 Å². The SMILES string of the molecule is CCC(=O)N(C)C(Cc1ccc(F)cc1F)C1CCN(C(=O)c2cc(C)on2)CC1. The van der Waals surface area contributed by atoms with Gasteiger partial charge >= 0.3 is 0 Å². The first-order valence-corrected chi connectivity index (χ1v) is 10.2. The fourth-order valence-electron chi connectivity index (χ4n) is 4.08. The van der Waals surface area contributed by atoms with E-state index in [1.807, 2.05) is 0 Å². The third-order valence-electron chi connectivity index (χ3n) is 5.86. The predicted molar refractivity (Wildman–Crippen MR) is 107 cm³/mol. The highest BCUT2D eigenvalue weighted by atomic mass is 19.1. The van der Waals surface area contributed by atoms with Crippen molar-refractivity contribution >= 4 is 11.8 Å². The minimum Gasteiger partial charge on any atom is -0.361 e. The zero-order valence-electron chi connectivity index (χ0n) is 17.5. The van der Waals surface area contributed by atoms with Gasteiger partial charge < -0.3 is 14.3 Å². The van der Waals surface area contributed by atoms with Crippen LogP contribution in [-0.4, -0.2) is 52.9 Å². The molecule has 0 aliphatic carbocycles. The van der Waals surface area contributed by atoms with Crippen LogP contribution in [0.1, 0.15) is 48.0 Å². The van der Waals surface area contributed by atoms with Gasteiger partial charge in [0.1, 0.15) is 17.4 Å². The molecular formula is C22H27F2N3O3. The largest absolute Gasteiger partial charge is 0.361 e. The Balaban J connectivity index is 1.72. The number of carbonyl (C=O) groups is 2. The molecule has 0 bridgehead atoms. The van der Waals surface area contributed by atoms with Crippen LogP contribution in [-0.2, 0) is 11.2 Å². The lowest BCUT2D eigenvalue weighted by Crippen LogP contribution is -2.48. The Morgan fingerprint density at radius 2 is 1.97 bits per heavy atom. The van der Waals surface area contributed by atoms with Gasteiger partial charge in [-0.05, 0) is 43.7 Å². The molecule has 0 saturated carbocycles. The lowest BCUT2D eigenvalue weighted by Gasteiger charge is -2.40. The molecule has 8 heteroatoms. The summed E-state index contributed by atoms with van der Waals surface area (Å²) in [5, 5.41) is 3.79. The fraction of sp³-hybridized carbons (Fsp3) is 0.500. The van der Waals surface area contributed by atoms with Gasteiger partial charge in [-0.15, -0.1) is 0 Å². The maximum atomic E-state index is 14.3. The molecule has 1 atom stereocenters. The number of rotatable bonds is 6. The molecule has 2 amide bonds. The molecule has 1 saturated heterocycles. The number of amides is 2. The van der Waals surface area contributed by atoms with Gasteiger partial charge in [0.05, 0.1) is 0 Å². The van der Waals surface area contributed by atoms with Crippen LogP contribution in [0.2, 0.25) is 0 Å². The number of carbonyl (C=O) groups excluding carboxylic acids is 2. The smallest absolute Gasteiger partial charge is 0.276 e. The van der Waals surface area contributed by atoms with Crippen molar-refractivity contribution in [1.82, 2.24) is 15.0 Å². The van der Waals surface area contributed by atoms with Crippen molar-refractivity contribution in [2.45, 2.75) is 45.6 Å². The standard InChI is InChI=1S/C22H27F2N3O3/c1-4-21(28)26(3)20(12-16-5-6-17(23)13-18(16)24)15-7-9-27(10-8-15)22(29)19-11-14(2)30-25-19/h5-6,11,13,15,20H,4,7-10,12H2,1-3H3. The fourth-order valence-corrected chi connectivity index (χ4v) is 4.08. The Morgan fingerprint density at radius 1 is 1.27 bits per heavy atom. The molecule has 1 fully saturated rings. The summed E-state index contributed by atoms with van der Waals surface area (Å²) in [6, 6.07) is 4.92. The average molecular weight is 419 g/mol. The number of piperidine rings is 1. The molecule has 0 radical (unpaired) electrons. The van der Waals surface area contributed by atoms with E-state index in [0.29, 0.717) is 50.1 Å². The van der Waals surface area contributed by atoms with Crippen molar-refractivity contribution in [3.8, 4) is 0 Å². The number of aryl methyl sites for hydroxylation is 1. The summed E-state index contributed by atoms with van der Waals surface area (Å²) in [7, 11) is 1.73. The van der Waals surface area contributed by atoms with Gasteiger partial charge in [-0.2, -0.15) is 0 Å². The summed E-state index contributed by atoms with van der Waals surface area (Å²) in [6.45, 7) is 4.56. The lowest BCUT2D eigenvalue weighted by atomic mass is 9.84. The number of hydrogen-bond donors (Lipinski definition) is 0. The van der Waals surface area contributed by atoms with Gasteiger partial charge in [0.25, 0.3) is 5.91 Å². The number of likely N-dealkylation sites (tertiary alicyclic amines) is 1. The van der Waals surface area contributed by atoms with Crippen LogP contribution >= 0.6 is 0 Å². The molecule has 1 unspecified atom stereocenters. The number of likely N-dealkylation sites (N-methyl/N-ethyl adjacent to an activating group) is 1. The maximum Gasteiger partial charge on any atom is 0.276 e. The second-order valence-electron chi connectivity index (χ2n) is 7.82. The summed E-state index contributed by atoms with van der Waals surface area (Å²) in [5.41, 5.74) is 0.669. The third-order valence-corrected chi connectivity index (χ3v) is 5.86. The van der Waals surface area contributed by atoms with Crippen molar-refractivity contribution < 1.29 is 22.9 Å². The van der Waals surface area contributed by atoms with E-state index in [0.717, 1.165) is 6.07 Å². The Hall–Kier alpha value is -2.77. The molecule has 1 aliphatic rings. The van der Waals surface area contributed by atoms with Gasteiger partial charge in [-0.3, -0.25) is 9.59 Å². The van der Waals surface area contributed by atoms with Crippen molar-refractivity contribution in [3.05, 3.63) is 52.9 Å². The first kappa shape index (κ1) is 21.9. The van der Waals surface area contributed by atoms with Gasteiger partial charge in [-0.1, -0.05) is 18.1 Å². The summed E-state index contributed by atoms with van der Waals surface area (Å²) in [4.78, 5) is 28.4. The van der Waals surface area contributed by atoms with Gasteiger partial charge in [0, 0.05) is 44.7 Å². The molecule has 0 spiro atoms. The monoisotopic (exact) mass is 419 g/mol. The number of nitrogens with zero attached hydrogens (tertiary/aromatic N) is 3. The van der Waals surface area contributed by atoms with Crippen molar-refractivity contribution in [1.29, 1.82) is 0 Å². The zero-order chi connectivity index (χ0) is 21.8. The van der Waals surface area contributed by atoms with E-state index < -0.39 is 11.6 Å². The third kappa shape index (κ3) is 4.86. The Bertz CT molecular complexity index is 907. The van der Waals surface area contributed by atoms with Crippen molar-refractivity contribution in [3.63, 3.8) is 0 Å². The number of halogens is 2. The summed E-state index contributed by atoms with van der Waals surface area (Å²) in [6.07, 6.45) is 2.01.